The van der Waals surface area contributed by atoms with Crippen LogP contribution >= 0.6 is 0 Å². The van der Waals surface area contributed by atoms with Crippen LogP contribution in [-0.4, -0.2) is 14.9 Å². The van der Waals surface area contributed by atoms with Gasteiger partial charge in [-0.15, -0.1) is 0 Å². The van der Waals surface area contributed by atoms with Crippen molar-refractivity contribution in [1.82, 2.24) is 9.97 Å². The van der Waals surface area contributed by atoms with Gasteiger partial charge in [0.05, 0.1) is 17.3 Å². The summed E-state index contributed by atoms with van der Waals surface area (Å²) < 4.78 is 0. The first kappa shape index (κ1) is 12.7. The Morgan fingerprint density at radius 3 is 2.79 bits per heavy atom. The van der Waals surface area contributed by atoms with Gasteiger partial charge in [-0.1, -0.05) is 12.1 Å². The molecular formula is C12H13N5O2. The van der Waals surface area contributed by atoms with Crippen LogP contribution in [-0.2, 0) is 6.54 Å². The molecule has 0 radical (unpaired) electrons. The van der Waals surface area contributed by atoms with Crippen molar-refractivity contribution in [3.8, 4) is 0 Å². The van der Waals surface area contributed by atoms with E-state index in [2.05, 4.69) is 15.3 Å². The predicted molar refractivity (Wildman–Crippen MR) is 71.6 cm³/mol. The lowest BCUT2D eigenvalue weighted by atomic mass is 10.1. The fourth-order valence-electron chi connectivity index (χ4n) is 1.67. The Kier molecular flexibility index (Phi) is 3.56. The average molecular weight is 259 g/mol. The normalized spacial score (nSPS) is 10.2. The molecule has 0 saturated carbocycles. The zero-order valence-corrected chi connectivity index (χ0v) is 10.3. The Bertz CT molecular complexity index is 598. The van der Waals surface area contributed by atoms with Gasteiger partial charge in [0, 0.05) is 18.2 Å². The minimum atomic E-state index is -0.387. The quantitative estimate of drug-likeness (QED) is 0.641. The maximum absolute atomic E-state index is 10.8. The molecule has 0 amide bonds. The van der Waals surface area contributed by atoms with Crippen molar-refractivity contribution in [2.45, 2.75) is 13.5 Å². The largest absolute Gasteiger partial charge is 0.382 e. The summed E-state index contributed by atoms with van der Waals surface area (Å²) in [6.07, 6.45) is 2.96. The molecule has 0 bridgehead atoms. The fourth-order valence-corrected chi connectivity index (χ4v) is 1.67. The number of nitrogens with two attached hydrogens (primary N) is 1. The Labute approximate surface area is 109 Å². The van der Waals surface area contributed by atoms with Crippen molar-refractivity contribution >= 4 is 17.3 Å². The Morgan fingerprint density at radius 1 is 1.37 bits per heavy atom. The van der Waals surface area contributed by atoms with E-state index in [1.807, 2.05) is 6.07 Å². The summed E-state index contributed by atoms with van der Waals surface area (Å²) in [5.74, 6) is 0.914. The molecule has 0 spiro atoms. The van der Waals surface area contributed by atoms with Gasteiger partial charge < -0.3 is 11.1 Å². The molecule has 7 nitrogen and oxygen atoms in total. The second-order valence-electron chi connectivity index (χ2n) is 4.00. The number of nitro benzene ring substituents is 1. The molecule has 7 heteroatoms. The van der Waals surface area contributed by atoms with Crippen molar-refractivity contribution in [2.75, 3.05) is 11.1 Å². The number of rotatable bonds is 4. The molecule has 0 aliphatic carbocycles. The third kappa shape index (κ3) is 2.95. The van der Waals surface area contributed by atoms with Gasteiger partial charge in [-0.3, -0.25) is 10.1 Å². The number of hydrogen-bond acceptors (Lipinski definition) is 6. The van der Waals surface area contributed by atoms with Gasteiger partial charge in [0.1, 0.15) is 11.6 Å². The minimum absolute atomic E-state index is 0.114. The summed E-state index contributed by atoms with van der Waals surface area (Å²) >= 11 is 0. The van der Waals surface area contributed by atoms with E-state index in [1.165, 1.54) is 18.5 Å². The van der Waals surface area contributed by atoms with Crippen LogP contribution in [0.5, 0.6) is 0 Å². The zero-order chi connectivity index (χ0) is 13.8. The van der Waals surface area contributed by atoms with Gasteiger partial charge in [0.15, 0.2) is 0 Å². The van der Waals surface area contributed by atoms with Gasteiger partial charge in [-0.05, 0) is 12.5 Å². The van der Waals surface area contributed by atoms with Crippen molar-refractivity contribution in [3.63, 3.8) is 0 Å². The number of nitrogen functional groups attached to an aromatic ring is 1. The van der Waals surface area contributed by atoms with Gasteiger partial charge in [-0.2, -0.15) is 0 Å². The number of nitrogens with zero attached hydrogens (tertiary/aromatic N) is 3. The third-order valence-corrected chi connectivity index (χ3v) is 2.75. The number of anilines is 2. The van der Waals surface area contributed by atoms with E-state index >= 15 is 0 Å². The molecule has 1 heterocycles. The lowest BCUT2D eigenvalue weighted by Gasteiger charge is -2.08. The molecule has 2 aromatic rings. The molecule has 0 unspecified atom stereocenters. The molecule has 19 heavy (non-hydrogen) atoms. The van der Waals surface area contributed by atoms with E-state index in [9.17, 15) is 10.1 Å². The van der Waals surface area contributed by atoms with Crippen LogP contribution in [0.1, 0.15) is 11.1 Å². The first-order valence-corrected chi connectivity index (χ1v) is 5.62. The molecule has 0 atom stereocenters. The lowest BCUT2D eigenvalue weighted by molar-refractivity contribution is -0.385. The molecule has 1 aromatic heterocycles. The van der Waals surface area contributed by atoms with E-state index in [0.29, 0.717) is 23.7 Å². The summed E-state index contributed by atoms with van der Waals surface area (Å²) in [5.41, 5.74) is 7.03. The van der Waals surface area contributed by atoms with E-state index in [0.717, 1.165) is 5.56 Å². The second kappa shape index (κ2) is 5.30. The first-order valence-electron chi connectivity index (χ1n) is 5.62. The van der Waals surface area contributed by atoms with E-state index in [1.54, 1.807) is 13.0 Å². The number of nitrogens with one attached hydrogen (secondary N) is 1. The van der Waals surface area contributed by atoms with E-state index < -0.39 is 0 Å². The predicted octanol–water partition coefficient (Wildman–Crippen LogP) is 1.89. The SMILES string of the molecule is Cc1c(CNc2cnc(N)cn2)cccc1[N+](=O)[O-]. The van der Waals surface area contributed by atoms with Crippen LogP contribution in [0.3, 0.4) is 0 Å². The van der Waals surface area contributed by atoms with Gasteiger partial charge in [0.2, 0.25) is 0 Å². The van der Waals surface area contributed by atoms with Crippen LogP contribution in [0.4, 0.5) is 17.3 Å². The minimum Gasteiger partial charge on any atom is -0.382 e. The number of aromatic nitrogens is 2. The molecule has 0 saturated heterocycles. The molecule has 0 fully saturated rings. The zero-order valence-electron chi connectivity index (χ0n) is 10.3. The standard InChI is InChI=1S/C12H13N5O2/c1-8-9(3-2-4-10(8)17(18)19)5-15-12-7-14-11(13)6-16-12/h2-4,6-7H,5H2,1H3,(H2,13,14)(H,15,16). The molecule has 3 N–H and O–H groups in total. The van der Waals surface area contributed by atoms with Crippen molar-refractivity contribution < 1.29 is 4.92 Å². The highest BCUT2D eigenvalue weighted by Gasteiger charge is 2.12. The summed E-state index contributed by atoms with van der Waals surface area (Å²) in [6.45, 7) is 2.16. The van der Waals surface area contributed by atoms with Crippen LogP contribution in [0.15, 0.2) is 30.6 Å². The highest BCUT2D eigenvalue weighted by atomic mass is 16.6. The highest BCUT2D eigenvalue weighted by molar-refractivity contribution is 5.46. The third-order valence-electron chi connectivity index (χ3n) is 2.75. The monoisotopic (exact) mass is 259 g/mol. The number of hydrogen-bond donors (Lipinski definition) is 2. The second-order valence-corrected chi connectivity index (χ2v) is 4.00. The smallest absolute Gasteiger partial charge is 0.272 e. The number of benzene rings is 1. The molecule has 1 aromatic carbocycles. The van der Waals surface area contributed by atoms with Crippen molar-refractivity contribution in [3.05, 3.63) is 51.8 Å². The summed E-state index contributed by atoms with van der Waals surface area (Å²) in [7, 11) is 0. The molecule has 0 aliphatic rings. The van der Waals surface area contributed by atoms with Gasteiger partial charge in [-0.25, -0.2) is 9.97 Å². The number of nitro groups is 1. The van der Waals surface area contributed by atoms with Crippen LogP contribution in [0, 0.1) is 17.0 Å². The highest BCUT2D eigenvalue weighted by Crippen LogP contribution is 2.21. The first-order chi connectivity index (χ1) is 9.08. The summed E-state index contributed by atoms with van der Waals surface area (Å²) in [5, 5.41) is 13.9. The maximum Gasteiger partial charge on any atom is 0.272 e. The summed E-state index contributed by atoms with van der Waals surface area (Å²) in [4.78, 5) is 18.4. The van der Waals surface area contributed by atoms with E-state index in [4.69, 9.17) is 5.73 Å². The molecule has 0 aliphatic heterocycles. The lowest BCUT2D eigenvalue weighted by Crippen LogP contribution is -2.05. The van der Waals surface area contributed by atoms with E-state index in [-0.39, 0.29) is 10.6 Å². The van der Waals surface area contributed by atoms with Gasteiger partial charge in [0.25, 0.3) is 5.69 Å². The molecule has 2 rings (SSSR count). The van der Waals surface area contributed by atoms with Crippen molar-refractivity contribution in [2.24, 2.45) is 0 Å². The average Bonchev–Trinajstić information content (AvgIpc) is 2.39. The van der Waals surface area contributed by atoms with Crippen LogP contribution in [0.25, 0.3) is 0 Å². The van der Waals surface area contributed by atoms with Crippen LogP contribution in [0.2, 0.25) is 0 Å². The maximum atomic E-state index is 10.8. The van der Waals surface area contributed by atoms with Crippen molar-refractivity contribution in [1.29, 1.82) is 0 Å². The summed E-state index contributed by atoms with van der Waals surface area (Å²) in [6, 6.07) is 4.98. The topological polar surface area (TPSA) is 107 Å². The van der Waals surface area contributed by atoms with Crippen LogP contribution < -0.4 is 11.1 Å². The Morgan fingerprint density at radius 2 is 2.16 bits per heavy atom. The fraction of sp³-hybridized carbons (Fsp3) is 0.167. The van der Waals surface area contributed by atoms with Gasteiger partial charge >= 0.3 is 0 Å². The molecular weight excluding hydrogens is 246 g/mol. The Hall–Kier alpha value is -2.70. The molecule has 98 valence electrons. The Balaban J connectivity index is 2.13.